The molecule has 0 aliphatic heterocycles. The van der Waals surface area contributed by atoms with E-state index in [4.69, 9.17) is 11.6 Å². The Morgan fingerprint density at radius 2 is 1.76 bits per heavy atom. The summed E-state index contributed by atoms with van der Waals surface area (Å²) in [5, 5.41) is 6.79. The maximum atomic E-state index is 11.8. The Hall–Kier alpha value is -1.84. The minimum absolute atomic E-state index is 0.0206. The first-order valence-electron chi connectivity index (χ1n) is 6.94. The van der Waals surface area contributed by atoms with Gasteiger partial charge in [0.1, 0.15) is 0 Å². The molecule has 0 saturated heterocycles. The van der Waals surface area contributed by atoms with Crippen molar-refractivity contribution in [2.24, 2.45) is 0 Å². The number of carbonyl (C=O) groups is 1. The monoisotopic (exact) mass is 302 g/mol. The van der Waals surface area contributed by atoms with Gasteiger partial charge in [0.15, 0.2) is 0 Å². The maximum Gasteiger partial charge on any atom is 0.234 e. The van der Waals surface area contributed by atoms with Gasteiger partial charge in [-0.25, -0.2) is 0 Å². The summed E-state index contributed by atoms with van der Waals surface area (Å²) in [7, 11) is 0. The molecule has 2 aromatic rings. The van der Waals surface area contributed by atoms with Gasteiger partial charge in [0.05, 0.1) is 6.54 Å². The molecule has 2 rings (SSSR count). The first-order chi connectivity index (χ1) is 10.1. The van der Waals surface area contributed by atoms with Crippen molar-refractivity contribution >= 4 is 17.5 Å². The van der Waals surface area contributed by atoms with Crippen molar-refractivity contribution in [3.05, 3.63) is 70.7 Å². The van der Waals surface area contributed by atoms with Crippen LogP contribution in [0, 0.1) is 0 Å². The average Bonchev–Trinajstić information content (AvgIpc) is 2.53. The summed E-state index contributed by atoms with van der Waals surface area (Å²) >= 11 is 5.82. The second kappa shape index (κ2) is 7.81. The largest absolute Gasteiger partial charge is 0.351 e. The normalized spacial score (nSPS) is 11.9. The third-order valence-electron chi connectivity index (χ3n) is 3.27. The molecule has 4 heteroatoms. The van der Waals surface area contributed by atoms with E-state index in [0.29, 0.717) is 18.1 Å². The van der Waals surface area contributed by atoms with Crippen LogP contribution in [-0.4, -0.2) is 12.5 Å². The minimum atomic E-state index is -0.0206. The summed E-state index contributed by atoms with van der Waals surface area (Å²) in [4.78, 5) is 11.8. The Morgan fingerprint density at radius 3 is 2.43 bits per heavy atom. The molecule has 0 fully saturated rings. The number of hydrogen-bond acceptors (Lipinski definition) is 2. The average molecular weight is 303 g/mol. The number of carbonyl (C=O) groups excluding carboxylic acids is 1. The van der Waals surface area contributed by atoms with Gasteiger partial charge in [-0.05, 0) is 30.2 Å². The van der Waals surface area contributed by atoms with E-state index in [1.54, 1.807) is 0 Å². The predicted octanol–water partition coefficient (Wildman–Crippen LogP) is 3.31. The number of rotatable bonds is 6. The van der Waals surface area contributed by atoms with E-state index < -0.39 is 0 Å². The van der Waals surface area contributed by atoms with Crippen LogP contribution in [0.4, 0.5) is 0 Å². The number of amides is 1. The lowest BCUT2D eigenvalue weighted by Gasteiger charge is -2.14. The van der Waals surface area contributed by atoms with E-state index in [0.717, 1.165) is 5.56 Å². The number of hydrogen-bond donors (Lipinski definition) is 2. The van der Waals surface area contributed by atoms with E-state index in [9.17, 15) is 4.79 Å². The first kappa shape index (κ1) is 15.5. The molecule has 0 saturated carbocycles. The van der Waals surface area contributed by atoms with Gasteiger partial charge in [-0.3, -0.25) is 4.79 Å². The number of benzene rings is 2. The highest BCUT2D eigenvalue weighted by atomic mass is 35.5. The van der Waals surface area contributed by atoms with Crippen molar-refractivity contribution < 1.29 is 4.79 Å². The molecule has 0 spiro atoms. The third kappa shape index (κ3) is 5.21. The Balaban J connectivity index is 1.73. The van der Waals surface area contributed by atoms with E-state index in [-0.39, 0.29) is 11.9 Å². The molecule has 0 aromatic heterocycles. The molecule has 0 aliphatic rings. The van der Waals surface area contributed by atoms with Crippen LogP contribution in [0.2, 0.25) is 5.02 Å². The van der Waals surface area contributed by atoms with Crippen LogP contribution in [-0.2, 0) is 11.3 Å². The molecule has 21 heavy (non-hydrogen) atoms. The van der Waals surface area contributed by atoms with Gasteiger partial charge in [0, 0.05) is 17.6 Å². The van der Waals surface area contributed by atoms with Gasteiger partial charge in [0.2, 0.25) is 5.91 Å². The van der Waals surface area contributed by atoms with E-state index in [2.05, 4.69) is 10.6 Å². The lowest BCUT2D eigenvalue weighted by Crippen LogP contribution is -2.34. The number of halogens is 1. The highest BCUT2D eigenvalue weighted by Crippen LogP contribution is 2.11. The summed E-state index contributed by atoms with van der Waals surface area (Å²) in [6.07, 6.45) is 0. The topological polar surface area (TPSA) is 41.1 Å². The van der Waals surface area contributed by atoms with Crippen molar-refractivity contribution in [3.63, 3.8) is 0 Å². The molecule has 2 aromatic carbocycles. The Labute approximate surface area is 130 Å². The summed E-state index contributed by atoms with van der Waals surface area (Å²) in [6.45, 7) is 2.85. The molecule has 2 N–H and O–H groups in total. The lowest BCUT2D eigenvalue weighted by atomic mass is 10.1. The molecule has 0 bridgehead atoms. The van der Waals surface area contributed by atoms with Crippen molar-refractivity contribution in [2.75, 3.05) is 6.54 Å². The van der Waals surface area contributed by atoms with Gasteiger partial charge in [-0.15, -0.1) is 0 Å². The van der Waals surface area contributed by atoms with Crippen LogP contribution in [0.3, 0.4) is 0 Å². The van der Waals surface area contributed by atoms with Crippen molar-refractivity contribution in [1.29, 1.82) is 0 Å². The standard InChI is InChI=1S/C17H19ClN2O/c1-13(15-5-3-2-4-6-15)19-12-17(21)20-11-14-7-9-16(18)10-8-14/h2-10,13,19H,11-12H2,1H3,(H,20,21). The van der Waals surface area contributed by atoms with E-state index >= 15 is 0 Å². The third-order valence-corrected chi connectivity index (χ3v) is 3.52. The summed E-state index contributed by atoms with van der Waals surface area (Å²) in [6, 6.07) is 17.7. The number of nitrogens with one attached hydrogen (secondary N) is 2. The highest BCUT2D eigenvalue weighted by molar-refractivity contribution is 6.30. The Bertz CT molecular complexity index is 569. The van der Waals surface area contributed by atoms with Gasteiger partial charge >= 0.3 is 0 Å². The highest BCUT2D eigenvalue weighted by Gasteiger charge is 2.07. The SMILES string of the molecule is CC(NCC(=O)NCc1ccc(Cl)cc1)c1ccccc1. The van der Waals surface area contributed by atoms with E-state index in [1.807, 2.05) is 61.5 Å². The minimum Gasteiger partial charge on any atom is -0.351 e. The molecule has 1 unspecified atom stereocenters. The zero-order chi connectivity index (χ0) is 15.1. The molecular weight excluding hydrogens is 284 g/mol. The Morgan fingerprint density at radius 1 is 1.10 bits per heavy atom. The van der Waals surface area contributed by atoms with Crippen LogP contribution >= 0.6 is 11.6 Å². The summed E-state index contributed by atoms with van der Waals surface area (Å²) in [5.74, 6) is -0.0206. The fraction of sp³-hybridized carbons (Fsp3) is 0.235. The van der Waals surface area contributed by atoms with Crippen molar-refractivity contribution in [1.82, 2.24) is 10.6 Å². The van der Waals surface area contributed by atoms with Crippen LogP contribution in [0.5, 0.6) is 0 Å². The molecule has 0 radical (unpaired) electrons. The molecule has 1 atom stereocenters. The summed E-state index contributed by atoms with van der Waals surface area (Å²) < 4.78 is 0. The molecule has 0 aliphatic carbocycles. The molecule has 3 nitrogen and oxygen atoms in total. The second-order valence-electron chi connectivity index (χ2n) is 4.92. The van der Waals surface area contributed by atoms with Crippen LogP contribution in [0.25, 0.3) is 0 Å². The van der Waals surface area contributed by atoms with Crippen molar-refractivity contribution in [2.45, 2.75) is 19.5 Å². The maximum absolute atomic E-state index is 11.8. The fourth-order valence-corrected chi connectivity index (χ4v) is 2.10. The molecular formula is C17H19ClN2O. The summed E-state index contributed by atoms with van der Waals surface area (Å²) in [5.41, 5.74) is 2.20. The van der Waals surface area contributed by atoms with Gasteiger partial charge in [-0.2, -0.15) is 0 Å². The molecule has 0 heterocycles. The first-order valence-corrected chi connectivity index (χ1v) is 7.32. The zero-order valence-electron chi connectivity index (χ0n) is 12.0. The van der Waals surface area contributed by atoms with Crippen molar-refractivity contribution in [3.8, 4) is 0 Å². The van der Waals surface area contributed by atoms with Crippen LogP contribution < -0.4 is 10.6 Å². The van der Waals surface area contributed by atoms with Gasteiger partial charge < -0.3 is 10.6 Å². The van der Waals surface area contributed by atoms with E-state index in [1.165, 1.54) is 5.56 Å². The molecule has 110 valence electrons. The smallest absolute Gasteiger partial charge is 0.234 e. The fourth-order valence-electron chi connectivity index (χ4n) is 1.97. The second-order valence-corrected chi connectivity index (χ2v) is 5.35. The predicted molar refractivity (Wildman–Crippen MR) is 86.2 cm³/mol. The Kier molecular flexibility index (Phi) is 5.78. The van der Waals surface area contributed by atoms with Crippen LogP contribution in [0.1, 0.15) is 24.1 Å². The van der Waals surface area contributed by atoms with Crippen LogP contribution in [0.15, 0.2) is 54.6 Å². The zero-order valence-corrected chi connectivity index (χ0v) is 12.7. The van der Waals surface area contributed by atoms with Gasteiger partial charge in [-0.1, -0.05) is 54.1 Å². The quantitative estimate of drug-likeness (QED) is 0.859. The molecule has 1 amide bonds. The lowest BCUT2D eigenvalue weighted by molar-refractivity contribution is -0.120. The van der Waals surface area contributed by atoms with Gasteiger partial charge in [0.25, 0.3) is 0 Å².